The van der Waals surface area contributed by atoms with Crippen LogP contribution in [-0.2, 0) is 4.79 Å². The summed E-state index contributed by atoms with van der Waals surface area (Å²) in [5.41, 5.74) is 2.02. The van der Waals surface area contributed by atoms with Crippen LogP contribution in [0.3, 0.4) is 0 Å². The van der Waals surface area contributed by atoms with Crippen LogP contribution < -0.4 is 10.1 Å². The Hall–Kier alpha value is -3.83. The molecule has 0 saturated heterocycles. The van der Waals surface area contributed by atoms with Gasteiger partial charge in [0.15, 0.2) is 5.76 Å². The third kappa shape index (κ3) is 4.37. The van der Waals surface area contributed by atoms with Gasteiger partial charge in [-0.2, -0.15) is 0 Å². The van der Waals surface area contributed by atoms with Crippen LogP contribution >= 0.6 is 11.6 Å². The highest BCUT2D eigenvalue weighted by molar-refractivity contribution is 6.32. The van der Waals surface area contributed by atoms with Crippen molar-refractivity contribution >= 4 is 46.0 Å². The number of methoxy groups -OCH3 is 1. The van der Waals surface area contributed by atoms with Gasteiger partial charge in [-0.15, -0.1) is 0 Å². The Kier molecular flexibility index (Phi) is 5.87. The van der Waals surface area contributed by atoms with Gasteiger partial charge >= 0.3 is 0 Å². The number of rotatable bonds is 6. The number of hydrogen-bond donors (Lipinski definition) is 1. The Labute approximate surface area is 183 Å². The Morgan fingerprint density at radius 3 is 2.48 bits per heavy atom. The van der Waals surface area contributed by atoms with Crippen LogP contribution in [-0.4, -0.2) is 18.8 Å². The number of ether oxygens (including phenoxy) is 1. The number of carbonyl (C=O) groups is 2. The highest BCUT2D eigenvalue weighted by Gasteiger charge is 2.23. The summed E-state index contributed by atoms with van der Waals surface area (Å²) in [6, 6.07) is 21.3. The van der Waals surface area contributed by atoms with E-state index >= 15 is 0 Å². The average Bonchev–Trinajstić information content (AvgIpc) is 3.16. The molecule has 1 amide bonds. The van der Waals surface area contributed by atoms with E-state index in [2.05, 4.69) is 5.32 Å². The summed E-state index contributed by atoms with van der Waals surface area (Å²) in [6.45, 7) is 0. The first-order valence-electron chi connectivity index (χ1n) is 9.50. The molecule has 5 nitrogen and oxygen atoms in total. The van der Waals surface area contributed by atoms with Crippen molar-refractivity contribution < 1.29 is 18.7 Å². The smallest absolute Gasteiger partial charge is 0.248 e. The predicted octanol–water partition coefficient (Wildman–Crippen LogP) is 5.98. The Morgan fingerprint density at radius 1 is 1.00 bits per heavy atom. The summed E-state index contributed by atoms with van der Waals surface area (Å²) in [5, 5.41) is 3.73. The summed E-state index contributed by atoms with van der Waals surface area (Å²) in [6.07, 6.45) is 3.11. The number of anilines is 1. The van der Waals surface area contributed by atoms with Crippen LogP contribution in [0.1, 0.15) is 21.7 Å². The summed E-state index contributed by atoms with van der Waals surface area (Å²) in [4.78, 5) is 25.8. The SMILES string of the molecule is COc1ccc(C(=O)c2oc3ccccc3c2NC(=O)C=Cc2ccccc2)cc1Cl. The van der Waals surface area contributed by atoms with E-state index in [4.69, 9.17) is 20.8 Å². The van der Waals surface area contributed by atoms with E-state index in [0.29, 0.717) is 33.0 Å². The lowest BCUT2D eigenvalue weighted by Gasteiger charge is -2.06. The molecule has 0 fully saturated rings. The number of carbonyl (C=O) groups excluding carboxylic acids is 2. The molecule has 31 heavy (non-hydrogen) atoms. The van der Waals surface area contributed by atoms with Crippen molar-refractivity contribution in [2.45, 2.75) is 0 Å². The molecule has 6 heteroatoms. The third-order valence-electron chi connectivity index (χ3n) is 4.69. The number of hydrogen-bond acceptors (Lipinski definition) is 4. The summed E-state index contributed by atoms with van der Waals surface area (Å²) < 4.78 is 11.0. The van der Waals surface area contributed by atoms with Gasteiger partial charge in [0, 0.05) is 17.0 Å². The Bertz CT molecular complexity index is 1290. The molecular weight excluding hydrogens is 414 g/mol. The van der Waals surface area contributed by atoms with Gasteiger partial charge in [0.25, 0.3) is 0 Å². The second-order valence-corrected chi connectivity index (χ2v) is 7.12. The maximum absolute atomic E-state index is 13.2. The highest BCUT2D eigenvalue weighted by Crippen LogP contribution is 2.34. The predicted molar refractivity (Wildman–Crippen MR) is 122 cm³/mol. The lowest BCUT2D eigenvalue weighted by atomic mass is 10.1. The number of furan rings is 1. The van der Waals surface area contributed by atoms with E-state index in [9.17, 15) is 9.59 Å². The molecule has 0 spiro atoms. The monoisotopic (exact) mass is 431 g/mol. The molecule has 1 aromatic heterocycles. The fourth-order valence-electron chi connectivity index (χ4n) is 3.17. The molecule has 1 N–H and O–H groups in total. The van der Waals surface area contributed by atoms with Crippen molar-refractivity contribution in [1.29, 1.82) is 0 Å². The van der Waals surface area contributed by atoms with Crippen molar-refractivity contribution in [3.8, 4) is 5.75 Å². The minimum absolute atomic E-state index is 0.0314. The zero-order valence-corrected chi connectivity index (χ0v) is 17.3. The zero-order valence-electron chi connectivity index (χ0n) is 16.6. The number of para-hydroxylation sites is 1. The molecule has 0 bridgehead atoms. The van der Waals surface area contributed by atoms with Crippen LogP contribution in [0.15, 0.2) is 83.3 Å². The van der Waals surface area contributed by atoms with E-state index < -0.39 is 5.78 Å². The minimum Gasteiger partial charge on any atom is -0.495 e. The van der Waals surface area contributed by atoms with Crippen molar-refractivity contribution in [2.24, 2.45) is 0 Å². The van der Waals surface area contributed by atoms with Crippen molar-refractivity contribution in [3.05, 3.63) is 101 Å². The first-order chi connectivity index (χ1) is 15.1. The van der Waals surface area contributed by atoms with Gasteiger partial charge in [0.05, 0.1) is 17.8 Å². The molecule has 0 aliphatic heterocycles. The number of amides is 1. The Balaban J connectivity index is 1.69. The standard InChI is InChI=1S/C25H18ClNO4/c1-30-21-13-12-17(15-19(21)26)24(29)25-23(18-9-5-6-10-20(18)31-25)27-22(28)14-11-16-7-3-2-4-8-16/h2-15H,1H3,(H,27,28). The van der Waals surface area contributed by atoms with E-state index in [1.807, 2.05) is 36.4 Å². The number of ketones is 1. The topological polar surface area (TPSA) is 68.5 Å². The Morgan fingerprint density at radius 2 is 1.74 bits per heavy atom. The molecule has 1 heterocycles. The fraction of sp³-hybridized carbons (Fsp3) is 0.0400. The van der Waals surface area contributed by atoms with Crippen molar-refractivity contribution in [2.75, 3.05) is 12.4 Å². The second kappa shape index (κ2) is 8.90. The zero-order chi connectivity index (χ0) is 21.8. The normalized spacial score (nSPS) is 11.0. The second-order valence-electron chi connectivity index (χ2n) is 6.71. The molecule has 0 radical (unpaired) electrons. The third-order valence-corrected chi connectivity index (χ3v) is 4.99. The molecule has 0 atom stereocenters. The molecule has 4 aromatic rings. The first-order valence-corrected chi connectivity index (χ1v) is 9.88. The fourth-order valence-corrected chi connectivity index (χ4v) is 3.43. The molecule has 154 valence electrons. The van der Waals surface area contributed by atoms with Gasteiger partial charge in [-0.1, -0.05) is 54.1 Å². The minimum atomic E-state index is -0.400. The largest absolute Gasteiger partial charge is 0.495 e. The molecular formula is C25H18ClNO4. The molecule has 0 unspecified atom stereocenters. The lowest BCUT2D eigenvalue weighted by molar-refractivity contribution is -0.111. The first kappa shape index (κ1) is 20.4. The van der Waals surface area contributed by atoms with Crippen LogP contribution in [0.2, 0.25) is 5.02 Å². The highest BCUT2D eigenvalue weighted by atomic mass is 35.5. The molecule has 3 aromatic carbocycles. The van der Waals surface area contributed by atoms with Crippen LogP contribution in [0.25, 0.3) is 17.0 Å². The molecule has 0 saturated carbocycles. The quantitative estimate of drug-likeness (QED) is 0.301. The van der Waals surface area contributed by atoms with Crippen LogP contribution in [0.4, 0.5) is 5.69 Å². The number of halogens is 1. The van der Waals surface area contributed by atoms with E-state index in [1.165, 1.54) is 19.3 Å². The van der Waals surface area contributed by atoms with Crippen LogP contribution in [0, 0.1) is 0 Å². The van der Waals surface area contributed by atoms with Crippen molar-refractivity contribution in [1.82, 2.24) is 0 Å². The lowest BCUT2D eigenvalue weighted by Crippen LogP contribution is -2.11. The maximum atomic E-state index is 13.2. The number of benzene rings is 3. The molecule has 0 aliphatic carbocycles. The summed E-state index contributed by atoms with van der Waals surface area (Å²) in [7, 11) is 1.50. The van der Waals surface area contributed by atoms with Gasteiger partial charge in [-0.25, -0.2) is 0 Å². The maximum Gasteiger partial charge on any atom is 0.248 e. The van der Waals surface area contributed by atoms with E-state index in [0.717, 1.165) is 5.56 Å². The molecule has 0 aliphatic rings. The van der Waals surface area contributed by atoms with Gasteiger partial charge < -0.3 is 14.5 Å². The average molecular weight is 432 g/mol. The van der Waals surface area contributed by atoms with E-state index in [1.54, 1.807) is 36.4 Å². The van der Waals surface area contributed by atoms with Gasteiger partial charge in [0.1, 0.15) is 11.3 Å². The number of fused-ring (bicyclic) bond motifs is 1. The van der Waals surface area contributed by atoms with Crippen LogP contribution in [0.5, 0.6) is 5.75 Å². The van der Waals surface area contributed by atoms with Crippen molar-refractivity contribution in [3.63, 3.8) is 0 Å². The summed E-state index contributed by atoms with van der Waals surface area (Å²) >= 11 is 6.18. The van der Waals surface area contributed by atoms with Gasteiger partial charge in [-0.05, 0) is 42.0 Å². The number of nitrogens with one attached hydrogen (secondary N) is 1. The van der Waals surface area contributed by atoms with E-state index in [-0.39, 0.29) is 11.7 Å². The summed E-state index contributed by atoms with van der Waals surface area (Å²) in [5.74, 6) is -0.286. The van der Waals surface area contributed by atoms with Gasteiger partial charge in [-0.3, -0.25) is 9.59 Å². The van der Waals surface area contributed by atoms with Gasteiger partial charge in [0.2, 0.25) is 11.7 Å². The molecule has 4 rings (SSSR count).